The van der Waals surface area contributed by atoms with Crippen LogP contribution in [-0.4, -0.2) is 66.9 Å². The molecule has 2 atom stereocenters. The topological polar surface area (TPSA) is 49.9 Å². The Labute approximate surface area is 100 Å². The third kappa shape index (κ3) is 1.78. The quantitative estimate of drug-likeness (QED) is 0.690. The highest BCUT2D eigenvalue weighted by Crippen LogP contribution is 2.39. The van der Waals surface area contributed by atoms with Crippen LogP contribution in [0.25, 0.3) is 0 Å². The third-order valence-electron chi connectivity index (χ3n) is 3.44. The largest absolute Gasteiger partial charge is 0.379 e. The summed E-state index contributed by atoms with van der Waals surface area (Å²) in [5.41, 5.74) is 0. The molecular weight excluding hydrogens is 248 g/mol. The van der Waals surface area contributed by atoms with Crippen molar-refractivity contribution in [3.8, 4) is 0 Å². The standard InChI is InChI=1S/C9H16N2O3S2/c12-16(13,10-1-3-14-4-2-10)11-6-9-5-8(11)7-15-9/h8-9H,1-7H2. The zero-order valence-electron chi connectivity index (χ0n) is 9.04. The summed E-state index contributed by atoms with van der Waals surface area (Å²) in [4.78, 5) is 0. The molecule has 0 aromatic rings. The Bertz CT molecular complexity index is 367. The van der Waals surface area contributed by atoms with E-state index in [2.05, 4.69) is 0 Å². The molecule has 92 valence electrons. The van der Waals surface area contributed by atoms with E-state index in [0.29, 0.717) is 38.1 Å². The molecule has 0 saturated carbocycles. The van der Waals surface area contributed by atoms with E-state index in [0.717, 1.165) is 12.2 Å². The first-order valence-electron chi connectivity index (χ1n) is 5.64. The van der Waals surface area contributed by atoms with E-state index in [9.17, 15) is 8.42 Å². The van der Waals surface area contributed by atoms with E-state index in [-0.39, 0.29) is 6.04 Å². The molecule has 16 heavy (non-hydrogen) atoms. The Kier molecular flexibility index (Phi) is 2.91. The zero-order valence-corrected chi connectivity index (χ0v) is 10.7. The fourth-order valence-corrected chi connectivity index (χ4v) is 6.01. The average molecular weight is 264 g/mol. The summed E-state index contributed by atoms with van der Waals surface area (Å²) in [7, 11) is -3.22. The van der Waals surface area contributed by atoms with Crippen LogP contribution < -0.4 is 0 Å². The van der Waals surface area contributed by atoms with Crippen molar-refractivity contribution in [3.05, 3.63) is 0 Å². The molecule has 0 aromatic heterocycles. The van der Waals surface area contributed by atoms with Crippen molar-refractivity contribution in [3.63, 3.8) is 0 Å². The van der Waals surface area contributed by atoms with E-state index in [1.165, 1.54) is 0 Å². The van der Waals surface area contributed by atoms with Crippen molar-refractivity contribution in [1.82, 2.24) is 8.61 Å². The van der Waals surface area contributed by atoms with Crippen LogP contribution in [0.3, 0.4) is 0 Å². The molecular formula is C9H16N2O3S2. The second-order valence-electron chi connectivity index (χ2n) is 4.43. The molecule has 3 rings (SSSR count). The van der Waals surface area contributed by atoms with E-state index in [4.69, 9.17) is 4.74 Å². The monoisotopic (exact) mass is 264 g/mol. The van der Waals surface area contributed by atoms with Gasteiger partial charge in [-0.05, 0) is 6.42 Å². The SMILES string of the molecule is O=S(=O)(N1CCOCC1)N1CC2CC1CS2. The van der Waals surface area contributed by atoms with Gasteiger partial charge >= 0.3 is 0 Å². The number of nitrogens with zero attached hydrogens (tertiary/aromatic N) is 2. The maximum Gasteiger partial charge on any atom is 0.282 e. The molecule has 3 aliphatic rings. The number of rotatable bonds is 2. The Hall–Kier alpha value is 0.180. The van der Waals surface area contributed by atoms with Gasteiger partial charge in [-0.15, -0.1) is 0 Å². The molecule has 3 fully saturated rings. The number of fused-ring (bicyclic) bond motifs is 2. The van der Waals surface area contributed by atoms with Gasteiger partial charge in [-0.1, -0.05) is 0 Å². The van der Waals surface area contributed by atoms with Crippen molar-refractivity contribution in [1.29, 1.82) is 0 Å². The van der Waals surface area contributed by atoms with Gasteiger partial charge in [0, 0.05) is 36.7 Å². The number of hydrogen-bond donors (Lipinski definition) is 0. The lowest BCUT2D eigenvalue weighted by atomic mass is 10.3. The van der Waals surface area contributed by atoms with Gasteiger partial charge in [-0.2, -0.15) is 28.8 Å². The smallest absolute Gasteiger partial charge is 0.282 e. The third-order valence-corrected chi connectivity index (χ3v) is 6.89. The van der Waals surface area contributed by atoms with Crippen LogP contribution >= 0.6 is 11.8 Å². The fraction of sp³-hybridized carbons (Fsp3) is 1.00. The summed E-state index contributed by atoms with van der Waals surface area (Å²) in [5, 5.41) is 0.529. The molecule has 3 aliphatic heterocycles. The fourth-order valence-electron chi connectivity index (χ4n) is 2.57. The van der Waals surface area contributed by atoms with Gasteiger partial charge in [-0.3, -0.25) is 0 Å². The van der Waals surface area contributed by atoms with Crippen LogP contribution in [0.4, 0.5) is 0 Å². The zero-order chi connectivity index (χ0) is 11.2. The Morgan fingerprint density at radius 2 is 2.00 bits per heavy atom. The van der Waals surface area contributed by atoms with E-state index in [1.807, 2.05) is 11.8 Å². The lowest BCUT2D eigenvalue weighted by Gasteiger charge is -2.33. The summed E-state index contributed by atoms with van der Waals surface area (Å²) in [6.45, 7) is 2.76. The molecule has 0 radical (unpaired) electrons. The predicted molar refractivity (Wildman–Crippen MR) is 62.7 cm³/mol. The summed E-state index contributed by atoms with van der Waals surface area (Å²) in [6, 6.07) is 0.239. The summed E-state index contributed by atoms with van der Waals surface area (Å²) in [5.74, 6) is 0.967. The van der Waals surface area contributed by atoms with E-state index < -0.39 is 10.2 Å². The summed E-state index contributed by atoms with van der Waals surface area (Å²) >= 11 is 1.91. The minimum Gasteiger partial charge on any atom is -0.379 e. The molecule has 2 unspecified atom stereocenters. The molecule has 3 saturated heterocycles. The summed E-state index contributed by atoms with van der Waals surface area (Å²) in [6.07, 6.45) is 1.04. The maximum atomic E-state index is 12.4. The number of thioether (sulfide) groups is 1. The van der Waals surface area contributed by atoms with Crippen LogP contribution in [0.2, 0.25) is 0 Å². The average Bonchev–Trinajstić information content (AvgIpc) is 2.92. The molecule has 0 amide bonds. The molecule has 2 bridgehead atoms. The van der Waals surface area contributed by atoms with Crippen molar-refractivity contribution in [2.24, 2.45) is 0 Å². The number of ether oxygens (including phenoxy) is 1. The highest BCUT2D eigenvalue weighted by atomic mass is 32.2. The molecule has 0 aromatic carbocycles. The predicted octanol–water partition coefficient (Wildman–Crippen LogP) is -0.247. The van der Waals surface area contributed by atoms with Gasteiger partial charge < -0.3 is 4.74 Å². The van der Waals surface area contributed by atoms with Crippen LogP contribution in [0.15, 0.2) is 0 Å². The molecule has 3 heterocycles. The number of morpholine rings is 1. The van der Waals surface area contributed by atoms with Crippen molar-refractivity contribution >= 4 is 22.0 Å². The van der Waals surface area contributed by atoms with Crippen molar-refractivity contribution in [2.75, 3.05) is 38.6 Å². The van der Waals surface area contributed by atoms with Gasteiger partial charge in [0.2, 0.25) is 0 Å². The van der Waals surface area contributed by atoms with Gasteiger partial charge in [0.15, 0.2) is 0 Å². The van der Waals surface area contributed by atoms with Crippen LogP contribution in [-0.2, 0) is 14.9 Å². The van der Waals surface area contributed by atoms with Gasteiger partial charge in [-0.25, -0.2) is 0 Å². The van der Waals surface area contributed by atoms with E-state index in [1.54, 1.807) is 8.61 Å². The lowest BCUT2D eigenvalue weighted by Crippen LogP contribution is -2.51. The highest BCUT2D eigenvalue weighted by Gasteiger charge is 2.46. The second kappa shape index (κ2) is 4.13. The van der Waals surface area contributed by atoms with Crippen LogP contribution in [0.5, 0.6) is 0 Å². The van der Waals surface area contributed by atoms with Gasteiger partial charge in [0.1, 0.15) is 0 Å². The molecule has 0 spiro atoms. The summed E-state index contributed by atoms with van der Waals surface area (Å²) < 4.78 is 33.2. The minimum atomic E-state index is -3.22. The minimum absolute atomic E-state index is 0.239. The van der Waals surface area contributed by atoms with Crippen molar-refractivity contribution in [2.45, 2.75) is 17.7 Å². The van der Waals surface area contributed by atoms with Gasteiger partial charge in [0.05, 0.1) is 13.2 Å². The maximum absolute atomic E-state index is 12.4. The van der Waals surface area contributed by atoms with Crippen LogP contribution in [0.1, 0.15) is 6.42 Å². The molecule has 5 nitrogen and oxygen atoms in total. The lowest BCUT2D eigenvalue weighted by molar-refractivity contribution is 0.0700. The Balaban J connectivity index is 1.77. The second-order valence-corrected chi connectivity index (χ2v) is 7.65. The first-order valence-corrected chi connectivity index (χ1v) is 8.09. The van der Waals surface area contributed by atoms with E-state index >= 15 is 0 Å². The first kappa shape index (κ1) is 11.3. The molecule has 7 heteroatoms. The van der Waals surface area contributed by atoms with Crippen molar-refractivity contribution < 1.29 is 13.2 Å². The Morgan fingerprint density at radius 3 is 2.56 bits per heavy atom. The normalized spacial score (nSPS) is 37.0. The highest BCUT2D eigenvalue weighted by molar-refractivity contribution is 8.00. The molecule has 0 N–H and O–H groups in total. The first-order chi connectivity index (χ1) is 7.68. The van der Waals surface area contributed by atoms with Crippen LogP contribution in [0, 0.1) is 0 Å². The Morgan fingerprint density at radius 1 is 1.25 bits per heavy atom. The van der Waals surface area contributed by atoms with Gasteiger partial charge in [0.25, 0.3) is 10.2 Å². The molecule has 0 aliphatic carbocycles. The number of hydrogen-bond acceptors (Lipinski definition) is 4.